The molecule has 5 atom stereocenters. The molecule has 3 heterocycles. The molecule has 2 saturated heterocycles. The van der Waals surface area contributed by atoms with Crippen LogP contribution in [0.15, 0.2) is 24.3 Å². The van der Waals surface area contributed by atoms with Crippen molar-refractivity contribution in [1.29, 1.82) is 0 Å². The molecule has 24 heavy (non-hydrogen) atoms. The van der Waals surface area contributed by atoms with Crippen molar-refractivity contribution >= 4 is 13.0 Å². The van der Waals surface area contributed by atoms with Gasteiger partial charge in [-0.15, -0.1) is 0 Å². The summed E-state index contributed by atoms with van der Waals surface area (Å²) in [5.41, 5.74) is 1.06. The van der Waals surface area contributed by atoms with Crippen molar-refractivity contribution in [2.24, 2.45) is 5.92 Å². The maximum Gasteiger partial charge on any atom is 0.475 e. The zero-order chi connectivity index (χ0) is 16.7. The number of benzene rings is 1. The highest BCUT2D eigenvalue weighted by Crippen LogP contribution is 2.39. The lowest BCUT2D eigenvalue weighted by molar-refractivity contribution is -0.127. The summed E-state index contributed by atoms with van der Waals surface area (Å²) >= 11 is 0. The van der Waals surface area contributed by atoms with Crippen LogP contribution in [0.5, 0.6) is 5.75 Å². The molecule has 1 aromatic rings. The zero-order valence-corrected chi connectivity index (χ0v) is 13.4. The van der Waals surface area contributed by atoms with Crippen molar-refractivity contribution in [3.63, 3.8) is 0 Å². The Labute approximate surface area is 141 Å². The van der Waals surface area contributed by atoms with Gasteiger partial charge in [0.2, 0.25) is 5.91 Å². The van der Waals surface area contributed by atoms with Crippen molar-refractivity contribution < 1.29 is 24.3 Å². The quantitative estimate of drug-likeness (QED) is 0.689. The zero-order valence-electron chi connectivity index (χ0n) is 13.4. The van der Waals surface area contributed by atoms with E-state index in [0.717, 1.165) is 30.6 Å². The van der Waals surface area contributed by atoms with Gasteiger partial charge in [-0.1, -0.05) is 18.2 Å². The number of fused-ring (bicyclic) bond motifs is 3. The van der Waals surface area contributed by atoms with Gasteiger partial charge in [0, 0.05) is 11.5 Å². The molecule has 4 rings (SSSR count). The molecule has 128 valence electrons. The van der Waals surface area contributed by atoms with Crippen molar-refractivity contribution in [3.05, 3.63) is 29.8 Å². The third kappa shape index (κ3) is 2.92. The van der Waals surface area contributed by atoms with Gasteiger partial charge in [0.25, 0.3) is 0 Å². The second kappa shape index (κ2) is 6.39. The minimum Gasteiger partial charge on any atom is -0.493 e. The number of para-hydroxylation sites is 1. The fraction of sp³-hybridized carbons (Fsp3) is 0.588. The SMILES string of the molecule is O=C(N[C@H](C[C@H]1COc2ccccc21)B(O)O)[C@H]1C[C@H]2CC[C@@H]1O2. The van der Waals surface area contributed by atoms with E-state index in [2.05, 4.69) is 5.32 Å². The van der Waals surface area contributed by atoms with Crippen LogP contribution in [-0.4, -0.2) is 47.8 Å². The van der Waals surface area contributed by atoms with Crippen LogP contribution in [0, 0.1) is 5.92 Å². The van der Waals surface area contributed by atoms with E-state index >= 15 is 0 Å². The maximum atomic E-state index is 12.5. The van der Waals surface area contributed by atoms with E-state index in [1.165, 1.54) is 0 Å². The Morgan fingerprint density at radius 1 is 1.33 bits per heavy atom. The smallest absolute Gasteiger partial charge is 0.475 e. The van der Waals surface area contributed by atoms with Crippen molar-refractivity contribution in [2.45, 2.75) is 49.8 Å². The predicted octanol–water partition coefficient (Wildman–Crippen LogP) is 0.617. The Bertz CT molecular complexity index is 625. The molecule has 0 spiro atoms. The highest BCUT2D eigenvalue weighted by atomic mass is 16.5. The van der Waals surface area contributed by atoms with Crippen molar-refractivity contribution in [1.82, 2.24) is 5.32 Å². The lowest BCUT2D eigenvalue weighted by atomic mass is 9.73. The minimum absolute atomic E-state index is 0.0120. The first kappa shape index (κ1) is 15.9. The van der Waals surface area contributed by atoms with Crippen LogP contribution < -0.4 is 10.1 Å². The summed E-state index contributed by atoms with van der Waals surface area (Å²) in [6.07, 6.45) is 3.29. The second-order valence-electron chi connectivity index (χ2n) is 7.03. The van der Waals surface area contributed by atoms with E-state index in [9.17, 15) is 14.8 Å². The molecule has 6 nitrogen and oxygen atoms in total. The Morgan fingerprint density at radius 3 is 2.88 bits per heavy atom. The van der Waals surface area contributed by atoms with E-state index in [0.29, 0.717) is 13.0 Å². The van der Waals surface area contributed by atoms with Gasteiger partial charge in [-0.25, -0.2) is 0 Å². The summed E-state index contributed by atoms with van der Waals surface area (Å²) in [5, 5.41) is 22.3. The van der Waals surface area contributed by atoms with E-state index in [4.69, 9.17) is 9.47 Å². The van der Waals surface area contributed by atoms with Gasteiger partial charge < -0.3 is 24.8 Å². The number of carbonyl (C=O) groups excluding carboxylic acids is 1. The van der Waals surface area contributed by atoms with E-state index in [1.807, 2.05) is 24.3 Å². The summed E-state index contributed by atoms with van der Waals surface area (Å²) in [6.45, 7) is 0.496. The number of hydrogen-bond donors (Lipinski definition) is 3. The lowest BCUT2D eigenvalue weighted by Gasteiger charge is -2.24. The Balaban J connectivity index is 1.41. The fourth-order valence-electron chi connectivity index (χ4n) is 4.19. The highest BCUT2D eigenvalue weighted by molar-refractivity contribution is 6.43. The van der Waals surface area contributed by atoms with E-state index < -0.39 is 13.1 Å². The molecular weight excluding hydrogens is 309 g/mol. The monoisotopic (exact) mass is 331 g/mol. The van der Waals surface area contributed by atoms with Crippen molar-refractivity contribution in [3.8, 4) is 5.75 Å². The topological polar surface area (TPSA) is 88.0 Å². The molecule has 3 aliphatic heterocycles. The summed E-state index contributed by atoms with van der Waals surface area (Å²) in [5.74, 6) is -0.132. The van der Waals surface area contributed by atoms with Gasteiger partial charge in [-0.2, -0.15) is 0 Å². The first-order valence-corrected chi connectivity index (χ1v) is 8.65. The van der Waals surface area contributed by atoms with Gasteiger partial charge in [-0.3, -0.25) is 4.79 Å². The molecule has 3 N–H and O–H groups in total. The molecule has 0 unspecified atom stereocenters. The minimum atomic E-state index is -1.60. The number of amides is 1. The predicted molar refractivity (Wildman–Crippen MR) is 87.4 cm³/mol. The van der Waals surface area contributed by atoms with Crippen LogP contribution in [0.4, 0.5) is 0 Å². The van der Waals surface area contributed by atoms with Crippen LogP contribution in [0.25, 0.3) is 0 Å². The molecular formula is C17H22BNO5. The summed E-state index contributed by atoms with van der Waals surface area (Å²) in [7, 11) is -1.60. The van der Waals surface area contributed by atoms with Crippen molar-refractivity contribution in [2.75, 3.05) is 6.61 Å². The normalized spacial score (nSPS) is 31.4. The standard InChI is InChI=1S/C17H22BNO5/c20-17(13-8-11-5-6-15(13)24-11)19-16(18(21)22)7-10-9-23-14-4-2-1-3-12(10)14/h1-4,10-11,13,15-16,21-22H,5-9H2,(H,19,20)/t10-,11+,13-,15-,16+/m0/s1. The number of ether oxygens (including phenoxy) is 2. The van der Waals surface area contributed by atoms with Crippen LogP contribution in [0.1, 0.15) is 37.2 Å². The van der Waals surface area contributed by atoms with E-state index in [1.54, 1.807) is 0 Å². The van der Waals surface area contributed by atoms with Crippen LogP contribution in [0.2, 0.25) is 0 Å². The highest BCUT2D eigenvalue weighted by Gasteiger charge is 2.45. The molecule has 1 amide bonds. The molecule has 0 radical (unpaired) electrons. The van der Waals surface area contributed by atoms with Gasteiger partial charge in [0.15, 0.2) is 0 Å². The fourth-order valence-corrected chi connectivity index (χ4v) is 4.19. The average Bonchev–Trinajstić information content (AvgIpc) is 3.29. The Hall–Kier alpha value is -1.57. The summed E-state index contributed by atoms with van der Waals surface area (Å²) in [6, 6.07) is 7.75. The van der Waals surface area contributed by atoms with Gasteiger partial charge in [0.05, 0.1) is 30.7 Å². The third-order valence-corrected chi connectivity index (χ3v) is 5.47. The first-order chi connectivity index (χ1) is 11.6. The Kier molecular flexibility index (Phi) is 4.24. The third-order valence-electron chi connectivity index (χ3n) is 5.47. The van der Waals surface area contributed by atoms with Gasteiger partial charge in [0.1, 0.15) is 5.75 Å². The molecule has 2 bridgehead atoms. The summed E-state index contributed by atoms with van der Waals surface area (Å²) in [4.78, 5) is 12.5. The lowest BCUT2D eigenvalue weighted by Crippen LogP contribution is -2.50. The molecule has 0 aliphatic carbocycles. The number of nitrogens with one attached hydrogen (secondary N) is 1. The van der Waals surface area contributed by atoms with Gasteiger partial charge in [-0.05, 0) is 31.7 Å². The maximum absolute atomic E-state index is 12.5. The van der Waals surface area contributed by atoms with Crippen LogP contribution in [0.3, 0.4) is 0 Å². The largest absolute Gasteiger partial charge is 0.493 e. The molecule has 2 fully saturated rings. The number of carbonyl (C=O) groups is 1. The molecule has 0 aromatic heterocycles. The number of rotatable bonds is 5. The first-order valence-electron chi connectivity index (χ1n) is 8.65. The second-order valence-corrected chi connectivity index (χ2v) is 7.03. The van der Waals surface area contributed by atoms with Crippen LogP contribution in [-0.2, 0) is 9.53 Å². The molecule has 7 heteroatoms. The molecule has 1 aromatic carbocycles. The Morgan fingerprint density at radius 2 is 2.17 bits per heavy atom. The van der Waals surface area contributed by atoms with Crippen LogP contribution >= 0.6 is 0 Å². The average molecular weight is 331 g/mol. The molecule has 3 aliphatic rings. The van der Waals surface area contributed by atoms with Gasteiger partial charge >= 0.3 is 7.12 Å². The van der Waals surface area contributed by atoms with E-state index in [-0.39, 0.29) is 30.0 Å². The summed E-state index contributed by atoms with van der Waals surface area (Å²) < 4.78 is 11.4. The number of hydrogen-bond acceptors (Lipinski definition) is 5. The molecule has 0 saturated carbocycles.